The fourth-order valence-electron chi connectivity index (χ4n) is 3.19. The average molecular weight is 318 g/mol. The molecular weight excluding hydrogens is 296 g/mol. The molecule has 8 heteroatoms. The van der Waals surface area contributed by atoms with E-state index in [1.54, 1.807) is 6.20 Å². The largest absolute Gasteiger partial charge is 0.480 e. The van der Waals surface area contributed by atoms with Crippen LogP contribution >= 0.6 is 0 Å². The molecule has 1 saturated heterocycles. The summed E-state index contributed by atoms with van der Waals surface area (Å²) in [4.78, 5) is 17.1. The lowest BCUT2D eigenvalue weighted by Crippen LogP contribution is -2.38. The monoisotopic (exact) mass is 318 g/mol. The van der Waals surface area contributed by atoms with E-state index in [0.29, 0.717) is 6.54 Å². The predicted molar refractivity (Wildman–Crippen MR) is 83.1 cm³/mol. The highest BCUT2D eigenvalue weighted by Crippen LogP contribution is 2.25. The molecule has 0 spiro atoms. The summed E-state index contributed by atoms with van der Waals surface area (Å²) in [6, 6.07) is 0. The first-order valence-corrected chi connectivity index (χ1v) is 7.84. The van der Waals surface area contributed by atoms with Crippen molar-refractivity contribution in [3.63, 3.8) is 0 Å². The van der Waals surface area contributed by atoms with E-state index in [1.165, 1.54) is 0 Å². The van der Waals surface area contributed by atoms with Crippen LogP contribution < -0.4 is 0 Å². The number of hydrogen-bond acceptors (Lipinski definition) is 5. The van der Waals surface area contributed by atoms with Crippen LogP contribution in [0.15, 0.2) is 12.4 Å². The van der Waals surface area contributed by atoms with Gasteiger partial charge in [-0.05, 0) is 26.3 Å². The van der Waals surface area contributed by atoms with Gasteiger partial charge in [0.1, 0.15) is 11.6 Å². The normalized spacial score (nSPS) is 19.1. The van der Waals surface area contributed by atoms with Crippen molar-refractivity contribution in [2.24, 2.45) is 7.05 Å². The minimum Gasteiger partial charge on any atom is -0.480 e. The lowest BCUT2D eigenvalue weighted by atomic mass is 9.97. The van der Waals surface area contributed by atoms with Crippen LogP contribution in [0.4, 0.5) is 0 Å². The molecule has 1 aliphatic rings. The summed E-state index contributed by atoms with van der Waals surface area (Å²) in [6.45, 7) is 4.25. The Balaban J connectivity index is 1.73. The fourth-order valence-corrected chi connectivity index (χ4v) is 3.19. The van der Waals surface area contributed by atoms with Gasteiger partial charge >= 0.3 is 5.97 Å². The van der Waals surface area contributed by atoms with Gasteiger partial charge in [0.2, 0.25) is 0 Å². The van der Waals surface area contributed by atoms with Crippen LogP contribution in [0, 0.1) is 6.92 Å². The molecule has 0 radical (unpaired) electrons. The van der Waals surface area contributed by atoms with Crippen LogP contribution in [0.1, 0.15) is 36.2 Å². The molecule has 124 valence electrons. The van der Waals surface area contributed by atoms with E-state index in [9.17, 15) is 4.79 Å². The lowest BCUT2D eigenvalue weighted by Gasteiger charge is -2.30. The van der Waals surface area contributed by atoms with E-state index in [4.69, 9.17) is 5.11 Å². The first-order valence-electron chi connectivity index (χ1n) is 7.84. The molecule has 0 amide bonds. The van der Waals surface area contributed by atoms with Crippen LogP contribution in [0.5, 0.6) is 0 Å². The molecule has 1 unspecified atom stereocenters. The van der Waals surface area contributed by atoms with Gasteiger partial charge in [0, 0.05) is 31.9 Å². The summed E-state index contributed by atoms with van der Waals surface area (Å²) in [5.41, 5.74) is 0. The third-order valence-electron chi connectivity index (χ3n) is 4.46. The molecule has 1 atom stereocenters. The summed E-state index contributed by atoms with van der Waals surface area (Å²) >= 11 is 0. The second-order valence-corrected chi connectivity index (χ2v) is 6.10. The number of rotatable bonds is 5. The molecule has 2 aromatic rings. The topological polar surface area (TPSA) is 89.1 Å². The van der Waals surface area contributed by atoms with Gasteiger partial charge in [-0.1, -0.05) is 0 Å². The molecule has 8 nitrogen and oxygen atoms in total. The number of piperidine rings is 1. The fraction of sp³-hybridized carbons (Fsp3) is 0.600. The Morgan fingerprint density at radius 3 is 2.96 bits per heavy atom. The number of likely N-dealkylation sites (tertiary alicyclic amines) is 1. The molecule has 23 heavy (non-hydrogen) atoms. The molecule has 0 aromatic carbocycles. The van der Waals surface area contributed by atoms with Crippen molar-refractivity contribution in [3.8, 4) is 0 Å². The minimum atomic E-state index is -0.778. The lowest BCUT2D eigenvalue weighted by molar-refractivity contribution is -0.138. The molecule has 0 saturated carbocycles. The minimum absolute atomic E-state index is 0.0927. The van der Waals surface area contributed by atoms with Crippen LogP contribution in [-0.2, 0) is 18.4 Å². The van der Waals surface area contributed by atoms with Crippen molar-refractivity contribution in [3.05, 3.63) is 29.9 Å². The van der Waals surface area contributed by atoms with Crippen molar-refractivity contribution < 1.29 is 9.90 Å². The number of carboxylic acids is 1. The van der Waals surface area contributed by atoms with Crippen LogP contribution in [0.25, 0.3) is 0 Å². The maximum Gasteiger partial charge on any atom is 0.317 e. The van der Waals surface area contributed by atoms with Gasteiger partial charge in [-0.25, -0.2) is 4.98 Å². The van der Waals surface area contributed by atoms with Crippen molar-refractivity contribution in [1.82, 2.24) is 29.2 Å². The zero-order chi connectivity index (χ0) is 16.4. The van der Waals surface area contributed by atoms with Gasteiger partial charge in [0.05, 0.1) is 13.1 Å². The third-order valence-corrected chi connectivity index (χ3v) is 4.46. The van der Waals surface area contributed by atoms with Gasteiger partial charge in [0.15, 0.2) is 5.82 Å². The van der Waals surface area contributed by atoms with Gasteiger partial charge in [0.25, 0.3) is 0 Å². The summed E-state index contributed by atoms with van der Waals surface area (Å²) in [6.07, 6.45) is 5.71. The maximum absolute atomic E-state index is 10.9. The molecule has 0 bridgehead atoms. The summed E-state index contributed by atoms with van der Waals surface area (Å²) in [5, 5.41) is 17.7. The molecule has 1 aliphatic heterocycles. The number of aryl methyl sites for hydroxylation is 1. The van der Waals surface area contributed by atoms with E-state index in [-0.39, 0.29) is 12.5 Å². The zero-order valence-corrected chi connectivity index (χ0v) is 13.5. The molecule has 3 heterocycles. The standard InChI is InChI=1S/C15H22N6O2/c1-11-16-5-7-21(11)9-13-17-18-15(19(13)2)12-4-3-6-20(8-12)10-14(22)23/h5,7,12H,3-4,6,8-10H2,1-2H3,(H,22,23). The Morgan fingerprint density at radius 2 is 2.26 bits per heavy atom. The van der Waals surface area contributed by atoms with E-state index < -0.39 is 5.97 Å². The van der Waals surface area contributed by atoms with Crippen molar-refractivity contribution >= 4 is 5.97 Å². The first kappa shape index (κ1) is 15.7. The second kappa shape index (κ2) is 6.49. The molecule has 2 aromatic heterocycles. The van der Waals surface area contributed by atoms with Gasteiger partial charge < -0.3 is 14.2 Å². The number of hydrogen-bond donors (Lipinski definition) is 1. The molecular formula is C15H22N6O2. The van der Waals surface area contributed by atoms with Crippen molar-refractivity contribution in [1.29, 1.82) is 0 Å². The Labute approximate surface area is 134 Å². The first-order chi connectivity index (χ1) is 11.0. The van der Waals surface area contributed by atoms with Crippen LogP contribution in [0.2, 0.25) is 0 Å². The van der Waals surface area contributed by atoms with Gasteiger partial charge in [-0.2, -0.15) is 0 Å². The predicted octanol–water partition coefficient (Wildman–Crippen LogP) is 0.632. The summed E-state index contributed by atoms with van der Waals surface area (Å²) < 4.78 is 4.07. The molecule has 1 N–H and O–H groups in total. The number of aromatic nitrogens is 5. The highest BCUT2D eigenvalue weighted by Gasteiger charge is 2.26. The SMILES string of the molecule is Cc1nccn1Cc1nnc(C2CCCN(CC(=O)O)C2)n1C. The average Bonchev–Trinajstić information content (AvgIpc) is 3.06. The number of imidazole rings is 1. The number of aliphatic carboxylic acids is 1. The smallest absolute Gasteiger partial charge is 0.317 e. The number of carbonyl (C=O) groups is 1. The molecule has 0 aliphatic carbocycles. The Hall–Kier alpha value is -2.22. The van der Waals surface area contributed by atoms with Crippen LogP contribution in [-0.4, -0.2) is 59.9 Å². The maximum atomic E-state index is 10.9. The second-order valence-electron chi connectivity index (χ2n) is 6.10. The van der Waals surface area contributed by atoms with E-state index in [0.717, 1.165) is 43.4 Å². The molecule has 1 fully saturated rings. The van der Waals surface area contributed by atoms with Crippen LogP contribution in [0.3, 0.4) is 0 Å². The zero-order valence-electron chi connectivity index (χ0n) is 13.5. The summed E-state index contributed by atoms with van der Waals surface area (Å²) in [5.74, 6) is 2.22. The van der Waals surface area contributed by atoms with Gasteiger partial charge in [-0.15, -0.1) is 10.2 Å². The highest BCUT2D eigenvalue weighted by atomic mass is 16.4. The van der Waals surface area contributed by atoms with E-state index >= 15 is 0 Å². The highest BCUT2D eigenvalue weighted by molar-refractivity contribution is 5.69. The van der Waals surface area contributed by atoms with Gasteiger partial charge in [-0.3, -0.25) is 9.69 Å². The summed E-state index contributed by atoms with van der Waals surface area (Å²) in [7, 11) is 1.98. The quantitative estimate of drug-likeness (QED) is 0.870. The van der Waals surface area contributed by atoms with E-state index in [1.807, 2.05) is 34.2 Å². The number of carboxylic acid groups (broad SMARTS) is 1. The van der Waals surface area contributed by atoms with E-state index in [2.05, 4.69) is 15.2 Å². The van der Waals surface area contributed by atoms with Crippen molar-refractivity contribution in [2.45, 2.75) is 32.2 Å². The number of nitrogens with zero attached hydrogens (tertiary/aromatic N) is 6. The Bertz CT molecular complexity index is 692. The third kappa shape index (κ3) is 3.42. The van der Waals surface area contributed by atoms with Crippen molar-refractivity contribution in [2.75, 3.05) is 19.6 Å². The Kier molecular flexibility index (Phi) is 4.42. The molecule has 3 rings (SSSR count). The Morgan fingerprint density at radius 1 is 1.43 bits per heavy atom.